The third-order valence-corrected chi connectivity index (χ3v) is 2.53. The summed E-state index contributed by atoms with van der Waals surface area (Å²) in [4.78, 5) is 2.69. The second-order valence-corrected chi connectivity index (χ2v) is 3.62. The molecule has 1 fully saturated rings. The highest BCUT2D eigenvalue weighted by molar-refractivity contribution is 5.30. The Balaban J connectivity index is 2.13. The summed E-state index contributed by atoms with van der Waals surface area (Å²) < 4.78 is 0. The minimum Gasteiger partial charge on any atom is -0.385 e. The van der Waals surface area contributed by atoms with Crippen molar-refractivity contribution in [3.63, 3.8) is 0 Å². The molecule has 0 aliphatic heterocycles. The molecular formula is C10H11N3O. The van der Waals surface area contributed by atoms with E-state index in [-0.39, 0.29) is 0 Å². The first kappa shape index (κ1) is 9.06. The number of nitrogens with zero attached hydrogens (tertiary/aromatic N) is 3. The van der Waals surface area contributed by atoms with Crippen LogP contribution in [0.25, 0.3) is 10.4 Å². The van der Waals surface area contributed by atoms with Crippen LogP contribution >= 0.6 is 0 Å². The molecule has 4 nitrogen and oxygen atoms in total. The van der Waals surface area contributed by atoms with Gasteiger partial charge in [-0.2, -0.15) is 0 Å². The van der Waals surface area contributed by atoms with E-state index in [4.69, 9.17) is 5.53 Å². The molecule has 1 aliphatic carbocycles. The van der Waals surface area contributed by atoms with Crippen LogP contribution in [0.4, 0.5) is 0 Å². The van der Waals surface area contributed by atoms with Gasteiger partial charge >= 0.3 is 0 Å². The lowest BCUT2D eigenvalue weighted by Gasteiger charge is -2.07. The smallest absolute Gasteiger partial charge is 0.0899 e. The molecule has 0 atom stereocenters. The Hall–Kier alpha value is -1.51. The van der Waals surface area contributed by atoms with Gasteiger partial charge in [0.05, 0.1) is 12.1 Å². The van der Waals surface area contributed by atoms with Gasteiger partial charge in [0.2, 0.25) is 0 Å². The molecule has 14 heavy (non-hydrogen) atoms. The Morgan fingerprint density at radius 2 is 2.00 bits per heavy atom. The summed E-state index contributed by atoms with van der Waals surface area (Å²) in [5, 5.41) is 13.3. The SMILES string of the molecule is [N-]=[N+]=NCc1ccc(C2(O)CC2)cc1. The predicted molar refractivity (Wildman–Crippen MR) is 52.4 cm³/mol. The zero-order valence-corrected chi connectivity index (χ0v) is 7.72. The standard InChI is InChI=1S/C10H11N3O/c11-13-12-7-8-1-3-9(4-2-8)10(14)5-6-10/h1-4,14H,5-7H2. The molecule has 0 aromatic heterocycles. The summed E-state index contributed by atoms with van der Waals surface area (Å²) >= 11 is 0. The van der Waals surface area contributed by atoms with Crippen molar-refractivity contribution in [2.75, 3.05) is 0 Å². The summed E-state index contributed by atoms with van der Waals surface area (Å²) in [6.45, 7) is 0.370. The van der Waals surface area contributed by atoms with E-state index in [0.717, 1.165) is 24.0 Å². The van der Waals surface area contributed by atoms with E-state index in [0.29, 0.717) is 6.54 Å². The summed E-state index contributed by atoms with van der Waals surface area (Å²) in [6, 6.07) is 7.57. The Kier molecular flexibility index (Phi) is 2.15. The molecule has 1 aliphatic rings. The fourth-order valence-electron chi connectivity index (χ4n) is 1.44. The van der Waals surface area contributed by atoms with Gasteiger partial charge in [-0.25, -0.2) is 0 Å². The Bertz CT molecular complexity index is 375. The van der Waals surface area contributed by atoms with E-state index in [9.17, 15) is 5.11 Å². The van der Waals surface area contributed by atoms with Gasteiger partial charge < -0.3 is 5.11 Å². The molecule has 0 unspecified atom stereocenters. The average Bonchev–Trinajstić information content (AvgIpc) is 2.96. The van der Waals surface area contributed by atoms with Crippen molar-refractivity contribution in [3.8, 4) is 0 Å². The lowest BCUT2D eigenvalue weighted by Crippen LogP contribution is -2.03. The monoisotopic (exact) mass is 189 g/mol. The maximum absolute atomic E-state index is 9.79. The summed E-state index contributed by atoms with van der Waals surface area (Å²) in [6.07, 6.45) is 1.70. The third-order valence-electron chi connectivity index (χ3n) is 2.53. The number of rotatable bonds is 3. The highest BCUT2D eigenvalue weighted by Crippen LogP contribution is 2.45. The van der Waals surface area contributed by atoms with Gasteiger partial charge in [-0.05, 0) is 29.5 Å². The minimum atomic E-state index is -0.572. The molecule has 0 saturated heterocycles. The van der Waals surface area contributed by atoms with Crippen LogP contribution in [0, 0.1) is 0 Å². The Morgan fingerprint density at radius 1 is 1.36 bits per heavy atom. The van der Waals surface area contributed by atoms with Crippen LogP contribution in [0.2, 0.25) is 0 Å². The maximum atomic E-state index is 9.79. The quantitative estimate of drug-likeness (QED) is 0.443. The molecule has 2 rings (SSSR count). The van der Waals surface area contributed by atoms with Crippen molar-refractivity contribution in [2.24, 2.45) is 5.11 Å². The van der Waals surface area contributed by atoms with E-state index in [1.807, 2.05) is 24.3 Å². The molecule has 4 heteroatoms. The van der Waals surface area contributed by atoms with E-state index in [1.165, 1.54) is 0 Å². The maximum Gasteiger partial charge on any atom is 0.0899 e. The first-order valence-corrected chi connectivity index (χ1v) is 4.57. The van der Waals surface area contributed by atoms with Crippen LogP contribution in [0.15, 0.2) is 29.4 Å². The molecule has 0 spiro atoms. The zero-order valence-electron chi connectivity index (χ0n) is 7.72. The van der Waals surface area contributed by atoms with E-state index in [2.05, 4.69) is 10.0 Å². The van der Waals surface area contributed by atoms with Crippen LogP contribution in [-0.4, -0.2) is 5.11 Å². The van der Waals surface area contributed by atoms with Gasteiger partial charge in [0.1, 0.15) is 0 Å². The molecule has 0 heterocycles. The highest BCUT2D eigenvalue weighted by Gasteiger charge is 2.41. The lowest BCUT2D eigenvalue weighted by molar-refractivity contribution is 0.151. The second-order valence-electron chi connectivity index (χ2n) is 3.62. The molecule has 1 N–H and O–H groups in total. The van der Waals surface area contributed by atoms with E-state index < -0.39 is 5.60 Å². The summed E-state index contributed by atoms with van der Waals surface area (Å²) in [7, 11) is 0. The number of hydrogen-bond acceptors (Lipinski definition) is 2. The largest absolute Gasteiger partial charge is 0.385 e. The minimum absolute atomic E-state index is 0.370. The van der Waals surface area contributed by atoms with Gasteiger partial charge in [0.25, 0.3) is 0 Å². The summed E-state index contributed by atoms with van der Waals surface area (Å²) in [5.74, 6) is 0. The molecule has 0 amide bonds. The van der Waals surface area contributed by atoms with Gasteiger partial charge in [0.15, 0.2) is 0 Å². The number of benzene rings is 1. The van der Waals surface area contributed by atoms with Crippen LogP contribution in [0.5, 0.6) is 0 Å². The van der Waals surface area contributed by atoms with E-state index in [1.54, 1.807) is 0 Å². The number of aliphatic hydroxyl groups is 1. The van der Waals surface area contributed by atoms with Gasteiger partial charge in [-0.1, -0.05) is 29.4 Å². The first-order valence-electron chi connectivity index (χ1n) is 4.57. The topological polar surface area (TPSA) is 69.0 Å². The van der Waals surface area contributed by atoms with Crippen molar-refractivity contribution in [1.82, 2.24) is 0 Å². The van der Waals surface area contributed by atoms with E-state index >= 15 is 0 Å². The average molecular weight is 189 g/mol. The first-order chi connectivity index (χ1) is 6.74. The predicted octanol–water partition coefficient (Wildman–Crippen LogP) is 2.48. The van der Waals surface area contributed by atoms with Gasteiger partial charge in [0, 0.05) is 4.91 Å². The van der Waals surface area contributed by atoms with Crippen molar-refractivity contribution in [1.29, 1.82) is 0 Å². The van der Waals surface area contributed by atoms with Crippen molar-refractivity contribution in [2.45, 2.75) is 25.0 Å². The zero-order chi connectivity index (χ0) is 10.0. The van der Waals surface area contributed by atoms with Crippen LogP contribution < -0.4 is 0 Å². The van der Waals surface area contributed by atoms with Crippen molar-refractivity contribution in [3.05, 3.63) is 45.8 Å². The van der Waals surface area contributed by atoms with Crippen molar-refractivity contribution >= 4 is 0 Å². The highest BCUT2D eigenvalue weighted by atomic mass is 16.3. The number of azide groups is 1. The fourth-order valence-corrected chi connectivity index (χ4v) is 1.44. The molecule has 0 radical (unpaired) electrons. The normalized spacial score (nSPS) is 17.2. The second kappa shape index (κ2) is 3.33. The van der Waals surface area contributed by atoms with Crippen LogP contribution in [0.1, 0.15) is 24.0 Å². The molecule has 1 aromatic rings. The fraction of sp³-hybridized carbons (Fsp3) is 0.400. The Morgan fingerprint density at radius 3 is 2.50 bits per heavy atom. The van der Waals surface area contributed by atoms with Crippen LogP contribution in [-0.2, 0) is 12.1 Å². The van der Waals surface area contributed by atoms with Crippen LogP contribution in [0.3, 0.4) is 0 Å². The molecule has 72 valence electrons. The lowest BCUT2D eigenvalue weighted by atomic mass is 10.1. The third kappa shape index (κ3) is 1.71. The van der Waals surface area contributed by atoms with Gasteiger partial charge in [-0.3, -0.25) is 0 Å². The van der Waals surface area contributed by atoms with Crippen molar-refractivity contribution < 1.29 is 5.11 Å². The Labute approximate surface area is 81.8 Å². The molecular weight excluding hydrogens is 178 g/mol. The molecule has 1 aromatic carbocycles. The molecule has 0 bridgehead atoms. The molecule has 1 saturated carbocycles. The van der Waals surface area contributed by atoms with Gasteiger partial charge in [-0.15, -0.1) is 0 Å². The summed E-state index contributed by atoms with van der Waals surface area (Å²) in [5.41, 5.74) is 9.50. The number of hydrogen-bond donors (Lipinski definition) is 1.